The van der Waals surface area contributed by atoms with Gasteiger partial charge >= 0.3 is 0 Å². The molecule has 0 amide bonds. The van der Waals surface area contributed by atoms with E-state index in [0.717, 1.165) is 13.0 Å². The van der Waals surface area contributed by atoms with Crippen LogP contribution in [0.2, 0.25) is 0 Å². The van der Waals surface area contributed by atoms with Gasteiger partial charge in [0.25, 0.3) is 0 Å². The van der Waals surface area contributed by atoms with Crippen LogP contribution in [0.25, 0.3) is 0 Å². The Balaban J connectivity index is 2.29. The van der Waals surface area contributed by atoms with Crippen molar-refractivity contribution in [2.75, 3.05) is 11.5 Å². The van der Waals surface area contributed by atoms with E-state index in [1.807, 2.05) is 4.68 Å². The molecule has 0 atom stereocenters. The normalized spacial score (nSPS) is 10.5. The zero-order valence-electron chi connectivity index (χ0n) is 8.16. The first-order valence-electron chi connectivity index (χ1n) is 4.82. The summed E-state index contributed by atoms with van der Waals surface area (Å²) >= 11 is 0. The maximum Gasteiger partial charge on any atom is 0.168 e. The van der Waals surface area contributed by atoms with E-state index in [1.165, 1.54) is 19.3 Å². The van der Waals surface area contributed by atoms with Crippen molar-refractivity contribution in [1.29, 1.82) is 0 Å². The summed E-state index contributed by atoms with van der Waals surface area (Å²) < 4.78 is 1.82. The SMILES string of the molecule is CCCCCCn1cc(N)c(N)n1. The molecule has 0 radical (unpaired) electrons. The van der Waals surface area contributed by atoms with Crippen LogP contribution in [0.1, 0.15) is 32.6 Å². The second-order valence-electron chi connectivity index (χ2n) is 3.29. The number of nitrogens with two attached hydrogens (primary N) is 2. The molecule has 0 aromatic carbocycles. The average molecular weight is 182 g/mol. The van der Waals surface area contributed by atoms with Gasteiger partial charge in [0, 0.05) is 6.54 Å². The highest BCUT2D eigenvalue weighted by Gasteiger charge is 2.00. The van der Waals surface area contributed by atoms with Crippen molar-refractivity contribution in [1.82, 2.24) is 9.78 Å². The molecule has 0 unspecified atom stereocenters. The summed E-state index contributed by atoms with van der Waals surface area (Å²) in [6.07, 6.45) is 6.72. The molecule has 4 nitrogen and oxygen atoms in total. The highest BCUT2D eigenvalue weighted by Crippen LogP contribution is 2.11. The number of aromatic nitrogens is 2. The summed E-state index contributed by atoms with van der Waals surface area (Å²) in [4.78, 5) is 0. The summed E-state index contributed by atoms with van der Waals surface area (Å²) in [5.74, 6) is 0.440. The third-order valence-electron chi connectivity index (χ3n) is 2.06. The van der Waals surface area contributed by atoms with Crippen LogP contribution in [-0.2, 0) is 6.54 Å². The summed E-state index contributed by atoms with van der Waals surface area (Å²) in [7, 11) is 0. The lowest BCUT2D eigenvalue weighted by atomic mass is 10.2. The monoisotopic (exact) mass is 182 g/mol. The second-order valence-corrected chi connectivity index (χ2v) is 3.29. The second kappa shape index (κ2) is 4.74. The zero-order chi connectivity index (χ0) is 9.68. The Bertz CT molecular complexity index is 235. The van der Waals surface area contributed by atoms with Gasteiger partial charge in [-0.2, -0.15) is 5.10 Å². The third kappa shape index (κ3) is 2.97. The van der Waals surface area contributed by atoms with Crippen molar-refractivity contribution in [3.8, 4) is 0 Å². The Morgan fingerprint density at radius 3 is 2.62 bits per heavy atom. The van der Waals surface area contributed by atoms with E-state index in [-0.39, 0.29) is 0 Å². The van der Waals surface area contributed by atoms with Crippen LogP contribution in [0.5, 0.6) is 0 Å². The average Bonchev–Trinajstić information content (AvgIpc) is 2.41. The van der Waals surface area contributed by atoms with Gasteiger partial charge in [-0.25, -0.2) is 0 Å². The van der Waals surface area contributed by atoms with Crippen LogP contribution in [0.4, 0.5) is 11.5 Å². The molecule has 0 aliphatic heterocycles. The van der Waals surface area contributed by atoms with Crippen LogP contribution in [0.3, 0.4) is 0 Å². The van der Waals surface area contributed by atoms with Gasteiger partial charge in [0.15, 0.2) is 5.82 Å². The molecule has 13 heavy (non-hydrogen) atoms. The molecule has 0 fully saturated rings. The van der Waals surface area contributed by atoms with Gasteiger partial charge in [0.1, 0.15) is 0 Å². The molecule has 0 aliphatic carbocycles. The van der Waals surface area contributed by atoms with E-state index in [2.05, 4.69) is 12.0 Å². The van der Waals surface area contributed by atoms with Gasteiger partial charge < -0.3 is 11.5 Å². The topological polar surface area (TPSA) is 69.9 Å². The first-order chi connectivity index (χ1) is 6.24. The summed E-state index contributed by atoms with van der Waals surface area (Å²) in [6, 6.07) is 0. The molecule has 1 aromatic heterocycles. The molecule has 1 rings (SSSR count). The first kappa shape index (κ1) is 9.89. The van der Waals surface area contributed by atoms with E-state index in [1.54, 1.807) is 6.20 Å². The van der Waals surface area contributed by atoms with Crippen LogP contribution in [-0.4, -0.2) is 9.78 Å². The van der Waals surface area contributed by atoms with Gasteiger partial charge in [-0.1, -0.05) is 26.2 Å². The number of rotatable bonds is 5. The van der Waals surface area contributed by atoms with E-state index in [4.69, 9.17) is 11.5 Å². The lowest BCUT2D eigenvalue weighted by Crippen LogP contribution is -1.99. The van der Waals surface area contributed by atoms with Gasteiger partial charge in [0.05, 0.1) is 11.9 Å². The minimum absolute atomic E-state index is 0.440. The largest absolute Gasteiger partial charge is 0.394 e. The molecule has 0 saturated carbocycles. The van der Waals surface area contributed by atoms with E-state index >= 15 is 0 Å². The minimum atomic E-state index is 0.440. The fourth-order valence-electron chi connectivity index (χ4n) is 1.27. The quantitative estimate of drug-likeness (QED) is 0.680. The summed E-state index contributed by atoms with van der Waals surface area (Å²) in [5, 5.41) is 4.08. The van der Waals surface area contributed by atoms with Gasteiger partial charge in [0.2, 0.25) is 0 Å². The van der Waals surface area contributed by atoms with Crippen molar-refractivity contribution in [3.63, 3.8) is 0 Å². The van der Waals surface area contributed by atoms with Crippen LogP contribution in [0, 0.1) is 0 Å². The van der Waals surface area contributed by atoms with Crippen LogP contribution >= 0.6 is 0 Å². The number of anilines is 2. The zero-order valence-corrected chi connectivity index (χ0v) is 8.16. The maximum atomic E-state index is 5.56. The summed E-state index contributed by atoms with van der Waals surface area (Å²) in [5.41, 5.74) is 11.7. The fraction of sp³-hybridized carbons (Fsp3) is 0.667. The van der Waals surface area contributed by atoms with Gasteiger partial charge in [-0.05, 0) is 6.42 Å². The number of hydrogen-bond donors (Lipinski definition) is 2. The molecule has 0 bridgehead atoms. The molecule has 0 saturated heterocycles. The number of aryl methyl sites for hydroxylation is 1. The Hall–Kier alpha value is -1.19. The van der Waals surface area contributed by atoms with Crippen molar-refractivity contribution < 1.29 is 0 Å². The van der Waals surface area contributed by atoms with Gasteiger partial charge in [-0.3, -0.25) is 4.68 Å². The molecule has 74 valence electrons. The van der Waals surface area contributed by atoms with Crippen molar-refractivity contribution >= 4 is 11.5 Å². The maximum absolute atomic E-state index is 5.56. The first-order valence-corrected chi connectivity index (χ1v) is 4.82. The molecular weight excluding hydrogens is 164 g/mol. The Morgan fingerprint density at radius 2 is 2.08 bits per heavy atom. The van der Waals surface area contributed by atoms with E-state index in [9.17, 15) is 0 Å². The van der Waals surface area contributed by atoms with Crippen molar-refractivity contribution in [2.45, 2.75) is 39.2 Å². The molecular formula is C9H18N4. The highest BCUT2D eigenvalue weighted by molar-refractivity contribution is 5.56. The van der Waals surface area contributed by atoms with Crippen LogP contribution in [0.15, 0.2) is 6.20 Å². The predicted molar refractivity (Wildman–Crippen MR) is 55.2 cm³/mol. The summed E-state index contributed by atoms with van der Waals surface area (Å²) in [6.45, 7) is 3.12. The Labute approximate surface area is 78.9 Å². The molecule has 0 aliphatic rings. The van der Waals surface area contributed by atoms with Crippen molar-refractivity contribution in [2.24, 2.45) is 0 Å². The van der Waals surface area contributed by atoms with Gasteiger partial charge in [-0.15, -0.1) is 0 Å². The smallest absolute Gasteiger partial charge is 0.168 e. The number of nitrogens with zero attached hydrogens (tertiary/aromatic N) is 2. The Morgan fingerprint density at radius 1 is 1.31 bits per heavy atom. The fourth-order valence-corrected chi connectivity index (χ4v) is 1.27. The minimum Gasteiger partial charge on any atom is -0.394 e. The molecule has 4 N–H and O–H groups in total. The predicted octanol–water partition coefficient (Wildman–Crippen LogP) is 1.63. The highest BCUT2D eigenvalue weighted by atomic mass is 15.3. The van der Waals surface area contributed by atoms with Crippen molar-refractivity contribution in [3.05, 3.63) is 6.20 Å². The molecule has 1 aromatic rings. The van der Waals surface area contributed by atoms with E-state index in [0.29, 0.717) is 11.5 Å². The van der Waals surface area contributed by atoms with E-state index < -0.39 is 0 Å². The standard InChI is InChI=1S/C9H18N4/c1-2-3-4-5-6-13-7-8(10)9(11)12-13/h7H,2-6,10H2,1H3,(H2,11,12). The third-order valence-corrected chi connectivity index (χ3v) is 2.06. The lowest BCUT2D eigenvalue weighted by Gasteiger charge is -1.99. The number of unbranched alkanes of at least 4 members (excludes halogenated alkanes) is 3. The molecule has 1 heterocycles. The lowest BCUT2D eigenvalue weighted by molar-refractivity contribution is 0.543. The molecule has 4 heteroatoms. The van der Waals surface area contributed by atoms with Crippen LogP contribution < -0.4 is 11.5 Å². The Kier molecular flexibility index (Phi) is 3.61. The number of nitrogen functional groups attached to an aromatic ring is 2. The number of hydrogen-bond acceptors (Lipinski definition) is 3. The molecule has 0 spiro atoms.